The molecule has 5 heteroatoms. The number of hydrogen-bond acceptors (Lipinski definition) is 2. The average molecular weight is 354 g/mol. The minimum absolute atomic E-state index is 0.297. The van der Waals surface area contributed by atoms with Crippen LogP contribution < -0.4 is 10.2 Å². The first-order valence-corrected chi connectivity index (χ1v) is 6.59. The fraction of sp³-hybridized carbons (Fsp3) is 0.154. The normalized spacial score (nSPS) is 10.2. The summed E-state index contributed by atoms with van der Waals surface area (Å²) in [5.74, 6) is 0.247. The Bertz CT molecular complexity index is 550. The SMILES string of the molecule is C[B]c1cccnc1COc1cc(F)ccc1I. The summed E-state index contributed by atoms with van der Waals surface area (Å²) in [7, 11) is 1.97. The Labute approximate surface area is 120 Å². The third-order valence-corrected chi connectivity index (χ3v) is 3.39. The summed E-state index contributed by atoms with van der Waals surface area (Å²) in [6, 6.07) is 8.35. The molecule has 0 fully saturated rings. The van der Waals surface area contributed by atoms with Crippen LogP contribution in [0.1, 0.15) is 5.69 Å². The van der Waals surface area contributed by atoms with E-state index in [0.29, 0.717) is 12.4 Å². The van der Waals surface area contributed by atoms with Gasteiger partial charge in [-0.3, -0.25) is 4.98 Å². The largest absolute Gasteiger partial charge is 0.486 e. The van der Waals surface area contributed by atoms with Gasteiger partial charge in [0.1, 0.15) is 18.2 Å². The quantitative estimate of drug-likeness (QED) is 0.623. The van der Waals surface area contributed by atoms with E-state index in [4.69, 9.17) is 4.74 Å². The second-order valence-corrected chi connectivity index (χ2v) is 4.85. The maximum Gasteiger partial charge on any atom is 0.150 e. The van der Waals surface area contributed by atoms with Crippen molar-refractivity contribution in [3.8, 4) is 5.75 Å². The maximum atomic E-state index is 13.1. The lowest BCUT2D eigenvalue weighted by molar-refractivity contribution is 0.298. The van der Waals surface area contributed by atoms with Crippen LogP contribution in [0.2, 0.25) is 6.82 Å². The summed E-state index contributed by atoms with van der Waals surface area (Å²) in [5.41, 5.74) is 1.88. The van der Waals surface area contributed by atoms with Gasteiger partial charge < -0.3 is 4.74 Å². The molecule has 1 heterocycles. The summed E-state index contributed by atoms with van der Waals surface area (Å²) in [6.45, 7) is 2.28. The first-order valence-electron chi connectivity index (χ1n) is 5.52. The minimum atomic E-state index is -0.297. The molecule has 1 radical (unpaired) electrons. The van der Waals surface area contributed by atoms with Crippen LogP contribution in [0.15, 0.2) is 36.5 Å². The van der Waals surface area contributed by atoms with E-state index < -0.39 is 0 Å². The zero-order valence-electron chi connectivity index (χ0n) is 9.86. The first-order chi connectivity index (χ1) is 8.70. The standard InChI is InChI=1S/C13H11BFINO/c1-14-10-3-2-6-17-12(10)8-18-13-7-9(15)4-5-11(13)16/h2-7H,8H2,1H3. The Morgan fingerprint density at radius 3 is 3.00 bits per heavy atom. The molecule has 91 valence electrons. The molecular weight excluding hydrogens is 343 g/mol. The molecule has 0 atom stereocenters. The molecule has 0 N–H and O–H groups in total. The van der Waals surface area contributed by atoms with E-state index in [9.17, 15) is 4.39 Å². The smallest absolute Gasteiger partial charge is 0.150 e. The van der Waals surface area contributed by atoms with Crippen molar-refractivity contribution in [2.75, 3.05) is 0 Å². The minimum Gasteiger partial charge on any atom is -0.486 e. The molecule has 18 heavy (non-hydrogen) atoms. The molecule has 0 bridgehead atoms. The number of aromatic nitrogens is 1. The van der Waals surface area contributed by atoms with Gasteiger partial charge in [-0.05, 0) is 40.8 Å². The van der Waals surface area contributed by atoms with Crippen molar-refractivity contribution >= 4 is 35.3 Å². The average Bonchev–Trinajstić information content (AvgIpc) is 2.40. The van der Waals surface area contributed by atoms with E-state index in [2.05, 4.69) is 27.6 Å². The van der Waals surface area contributed by atoms with Gasteiger partial charge in [-0.15, -0.1) is 0 Å². The van der Waals surface area contributed by atoms with Gasteiger partial charge >= 0.3 is 0 Å². The Kier molecular flexibility index (Phi) is 4.57. The van der Waals surface area contributed by atoms with E-state index in [0.717, 1.165) is 14.7 Å². The van der Waals surface area contributed by atoms with E-state index in [1.54, 1.807) is 12.3 Å². The Balaban J connectivity index is 2.14. The van der Waals surface area contributed by atoms with Crippen LogP contribution in [0.4, 0.5) is 4.39 Å². The van der Waals surface area contributed by atoms with Gasteiger partial charge in [0.15, 0.2) is 7.28 Å². The van der Waals surface area contributed by atoms with Crippen molar-refractivity contribution < 1.29 is 9.13 Å². The Morgan fingerprint density at radius 2 is 2.22 bits per heavy atom. The lowest BCUT2D eigenvalue weighted by Crippen LogP contribution is -2.20. The van der Waals surface area contributed by atoms with Crippen LogP contribution >= 0.6 is 22.6 Å². The highest BCUT2D eigenvalue weighted by atomic mass is 127. The molecule has 0 unspecified atom stereocenters. The van der Waals surface area contributed by atoms with Crippen LogP contribution in [0.5, 0.6) is 5.75 Å². The topological polar surface area (TPSA) is 22.1 Å². The van der Waals surface area contributed by atoms with Gasteiger partial charge in [0.25, 0.3) is 0 Å². The molecule has 0 saturated carbocycles. The van der Waals surface area contributed by atoms with E-state index in [1.165, 1.54) is 12.1 Å². The van der Waals surface area contributed by atoms with Crippen molar-refractivity contribution in [3.63, 3.8) is 0 Å². The van der Waals surface area contributed by atoms with Crippen molar-refractivity contribution in [2.45, 2.75) is 13.4 Å². The van der Waals surface area contributed by atoms with Crippen molar-refractivity contribution in [2.24, 2.45) is 0 Å². The number of rotatable bonds is 4. The highest BCUT2D eigenvalue weighted by molar-refractivity contribution is 14.1. The highest BCUT2D eigenvalue weighted by Crippen LogP contribution is 2.22. The Morgan fingerprint density at radius 1 is 1.39 bits per heavy atom. The van der Waals surface area contributed by atoms with Crippen LogP contribution in [-0.4, -0.2) is 12.3 Å². The van der Waals surface area contributed by atoms with Gasteiger partial charge in [0.2, 0.25) is 0 Å². The van der Waals surface area contributed by atoms with E-state index in [1.807, 2.05) is 26.2 Å². The lowest BCUT2D eigenvalue weighted by atomic mass is 9.72. The number of pyridine rings is 1. The molecule has 0 spiro atoms. The number of nitrogens with zero attached hydrogens (tertiary/aromatic N) is 1. The van der Waals surface area contributed by atoms with Gasteiger partial charge in [-0.2, -0.15) is 0 Å². The predicted molar refractivity (Wildman–Crippen MR) is 78.9 cm³/mol. The number of ether oxygens (including phenoxy) is 1. The zero-order chi connectivity index (χ0) is 13.0. The summed E-state index contributed by atoms with van der Waals surface area (Å²) in [4.78, 5) is 4.26. The lowest BCUT2D eigenvalue weighted by Gasteiger charge is -2.10. The summed E-state index contributed by atoms with van der Waals surface area (Å²) in [6.07, 6.45) is 1.72. The summed E-state index contributed by atoms with van der Waals surface area (Å²) < 4.78 is 19.6. The van der Waals surface area contributed by atoms with Crippen LogP contribution in [0.3, 0.4) is 0 Å². The fourth-order valence-corrected chi connectivity index (χ4v) is 2.06. The summed E-state index contributed by atoms with van der Waals surface area (Å²) >= 11 is 2.12. The molecule has 0 aliphatic rings. The second-order valence-electron chi connectivity index (χ2n) is 3.69. The summed E-state index contributed by atoms with van der Waals surface area (Å²) in [5, 5.41) is 0. The van der Waals surface area contributed by atoms with Crippen molar-refractivity contribution in [1.29, 1.82) is 0 Å². The van der Waals surface area contributed by atoms with Crippen molar-refractivity contribution in [3.05, 3.63) is 51.6 Å². The maximum absolute atomic E-state index is 13.1. The molecule has 0 aliphatic carbocycles. The molecule has 2 nitrogen and oxygen atoms in total. The van der Waals surface area contributed by atoms with Gasteiger partial charge in [-0.1, -0.05) is 18.4 Å². The molecule has 0 amide bonds. The molecule has 2 aromatic rings. The highest BCUT2D eigenvalue weighted by Gasteiger charge is 2.06. The molecule has 1 aromatic carbocycles. The fourth-order valence-electron chi connectivity index (χ4n) is 1.57. The third-order valence-electron chi connectivity index (χ3n) is 2.49. The van der Waals surface area contributed by atoms with Gasteiger partial charge in [0, 0.05) is 12.3 Å². The number of halogens is 2. The first kappa shape index (κ1) is 13.3. The molecular formula is C13H11BFINO. The van der Waals surface area contributed by atoms with E-state index >= 15 is 0 Å². The number of hydrogen-bond donors (Lipinski definition) is 0. The Hall–Kier alpha value is -1.11. The van der Waals surface area contributed by atoms with Crippen LogP contribution in [-0.2, 0) is 6.61 Å². The predicted octanol–water partition coefficient (Wildman–Crippen LogP) is 2.78. The van der Waals surface area contributed by atoms with Gasteiger partial charge in [-0.25, -0.2) is 4.39 Å². The van der Waals surface area contributed by atoms with Crippen LogP contribution in [0, 0.1) is 9.39 Å². The van der Waals surface area contributed by atoms with E-state index in [-0.39, 0.29) is 5.82 Å². The molecule has 0 saturated heterocycles. The monoisotopic (exact) mass is 354 g/mol. The number of benzene rings is 1. The van der Waals surface area contributed by atoms with Crippen LogP contribution in [0.25, 0.3) is 0 Å². The van der Waals surface area contributed by atoms with Crippen molar-refractivity contribution in [1.82, 2.24) is 4.98 Å². The molecule has 2 rings (SSSR count). The molecule has 0 aliphatic heterocycles. The van der Waals surface area contributed by atoms with Gasteiger partial charge in [0.05, 0.1) is 9.26 Å². The third kappa shape index (κ3) is 3.22. The molecule has 1 aromatic heterocycles. The zero-order valence-corrected chi connectivity index (χ0v) is 12.0. The second kappa shape index (κ2) is 6.18.